The molecule has 2 heterocycles. The molecule has 0 fully saturated rings. The van der Waals surface area contributed by atoms with Gasteiger partial charge in [0.15, 0.2) is 0 Å². The lowest BCUT2D eigenvalue weighted by molar-refractivity contribution is -0.196. The summed E-state index contributed by atoms with van der Waals surface area (Å²) in [6.07, 6.45) is 1.88. The number of fused-ring (bicyclic) bond motifs is 2. The van der Waals surface area contributed by atoms with Gasteiger partial charge in [-0.25, -0.2) is 0 Å². The Labute approximate surface area is 173 Å². The van der Waals surface area contributed by atoms with Crippen LogP contribution in [0.5, 0.6) is 11.5 Å². The number of benzene rings is 4. The lowest BCUT2D eigenvalue weighted by atomic mass is 9.99. The van der Waals surface area contributed by atoms with E-state index in [9.17, 15) is 0 Å². The largest absolute Gasteiger partial charge is 1.04 e. The highest BCUT2D eigenvalue weighted by atomic mass is 16.9. The summed E-state index contributed by atoms with van der Waals surface area (Å²) in [5.41, 5.74) is 1.84. The van der Waals surface area contributed by atoms with Crippen molar-refractivity contribution in [2.75, 3.05) is 0 Å². The number of ketones is 1. The van der Waals surface area contributed by atoms with Crippen LogP contribution >= 0.6 is 0 Å². The SMILES string of the molecule is C1=C(c2ccccc2)O[B-]2(Oc3cc4ccccc4cc3O2)[O+]=C1c1ccccc1. The highest BCUT2D eigenvalue weighted by Crippen LogP contribution is 2.43. The van der Waals surface area contributed by atoms with Gasteiger partial charge in [-0.1, -0.05) is 72.8 Å². The van der Waals surface area contributed by atoms with Crippen LogP contribution in [0.15, 0.2) is 103 Å². The summed E-state index contributed by atoms with van der Waals surface area (Å²) in [4.78, 5) is 0. The molecule has 0 atom stereocenters. The molecule has 0 bridgehead atoms. The molecule has 30 heavy (non-hydrogen) atoms. The molecule has 4 aromatic carbocycles. The zero-order chi connectivity index (χ0) is 20.0. The fourth-order valence-corrected chi connectivity index (χ4v) is 3.84. The van der Waals surface area contributed by atoms with E-state index in [2.05, 4.69) is 0 Å². The Bertz CT molecular complexity index is 1270. The summed E-state index contributed by atoms with van der Waals surface area (Å²) in [5.74, 6) is 2.49. The van der Waals surface area contributed by atoms with Gasteiger partial charge < -0.3 is 18.3 Å². The van der Waals surface area contributed by atoms with Crippen molar-refractivity contribution in [3.63, 3.8) is 0 Å². The molecule has 0 amide bonds. The van der Waals surface area contributed by atoms with E-state index in [1.807, 2.05) is 103 Å². The molecule has 2 aliphatic heterocycles. The van der Waals surface area contributed by atoms with Crippen LogP contribution in [-0.2, 0) is 4.65 Å². The number of carbonyl (C=O) groups excluding carboxylic acids is 1. The van der Waals surface area contributed by atoms with Gasteiger partial charge in [0.2, 0.25) is 0 Å². The third kappa shape index (κ3) is 2.83. The molecule has 0 aromatic heterocycles. The number of rotatable bonds is 2. The van der Waals surface area contributed by atoms with Crippen molar-refractivity contribution in [2.45, 2.75) is 0 Å². The molecule has 4 aromatic rings. The normalized spacial score (nSPS) is 16.1. The van der Waals surface area contributed by atoms with Gasteiger partial charge in [-0.05, 0) is 35.0 Å². The molecular weight excluding hydrogens is 375 g/mol. The minimum absolute atomic E-state index is 0.607. The fourth-order valence-electron chi connectivity index (χ4n) is 3.84. The first-order valence-electron chi connectivity index (χ1n) is 9.89. The Hall–Kier alpha value is -3.99. The molecule has 144 valence electrons. The smallest absolute Gasteiger partial charge is 0.551 e. The van der Waals surface area contributed by atoms with E-state index in [0.717, 1.165) is 21.9 Å². The van der Waals surface area contributed by atoms with Crippen LogP contribution in [0.3, 0.4) is 0 Å². The topological polar surface area (TPSA) is 39.0 Å². The summed E-state index contributed by atoms with van der Waals surface area (Å²) in [6, 6.07) is 31.7. The second-order valence-electron chi connectivity index (χ2n) is 7.30. The molecule has 6 rings (SSSR count). The Morgan fingerprint density at radius 1 is 0.567 bits per heavy atom. The predicted molar refractivity (Wildman–Crippen MR) is 117 cm³/mol. The first kappa shape index (κ1) is 16.9. The van der Waals surface area contributed by atoms with E-state index in [0.29, 0.717) is 23.0 Å². The molecule has 0 aliphatic carbocycles. The van der Waals surface area contributed by atoms with Crippen molar-refractivity contribution in [3.05, 3.63) is 114 Å². The van der Waals surface area contributed by atoms with Crippen molar-refractivity contribution >= 4 is 29.3 Å². The zero-order valence-electron chi connectivity index (χ0n) is 16.0. The average molecular weight is 392 g/mol. The molecule has 1 spiro atoms. The van der Waals surface area contributed by atoms with Gasteiger partial charge in [0.05, 0.1) is 17.4 Å². The van der Waals surface area contributed by atoms with Crippen molar-refractivity contribution in [1.82, 2.24) is 0 Å². The van der Waals surface area contributed by atoms with E-state index >= 15 is 0 Å². The third-order valence-electron chi connectivity index (χ3n) is 5.28. The second kappa shape index (κ2) is 6.53. The van der Waals surface area contributed by atoms with Gasteiger partial charge in [0.1, 0.15) is 11.5 Å². The third-order valence-corrected chi connectivity index (χ3v) is 5.28. The molecular formula is C25H17BO4. The van der Waals surface area contributed by atoms with Gasteiger partial charge in [-0.2, -0.15) is 0 Å². The van der Waals surface area contributed by atoms with Crippen molar-refractivity contribution in [3.8, 4) is 11.5 Å². The Morgan fingerprint density at radius 2 is 1.10 bits per heavy atom. The van der Waals surface area contributed by atoms with Crippen LogP contribution in [0, 0.1) is 0 Å². The molecule has 0 saturated heterocycles. The Balaban J connectivity index is 1.47. The van der Waals surface area contributed by atoms with Crippen LogP contribution in [-0.4, -0.2) is 12.7 Å². The Morgan fingerprint density at radius 3 is 1.70 bits per heavy atom. The fraction of sp³-hybridized carbons (Fsp3) is 0. The number of allylic oxidation sites excluding steroid dienone is 1. The predicted octanol–water partition coefficient (Wildman–Crippen LogP) is 5.54. The first-order chi connectivity index (χ1) is 14.8. The van der Waals surface area contributed by atoms with Gasteiger partial charge in [-0.3, -0.25) is 0 Å². The van der Waals surface area contributed by atoms with E-state index < -0.39 is 6.96 Å². The molecule has 5 heteroatoms. The maximum Gasteiger partial charge on any atom is 1.04 e. The van der Waals surface area contributed by atoms with Crippen molar-refractivity contribution in [1.29, 1.82) is 0 Å². The Kier molecular flexibility index (Phi) is 3.68. The van der Waals surface area contributed by atoms with Crippen molar-refractivity contribution in [2.24, 2.45) is 0 Å². The zero-order valence-corrected chi connectivity index (χ0v) is 16.0. The van der Waals surface area contributed by atoms with Crippen LogP contribution in [0.4, 0.5) is 0 Å². The summed E-state index contributed by atoms with van der Waals surface area (Å²) < 4.78 is 24.8. The maximum atomic E-state index is 6.22. The van der Waals surface area contributed by atoms with E-state index in [4.69, 9.17) is 18.3 Å². The minimum Gasteiger partial charge on any atom is -0.551 e. The van der Waals surface area contributed by atoms with Gasteiger partial charge in [0.25, 0.3) is 5.78 Å². The van der Waals surface area contributed by atoms with Gasteiger partial charge >= 0.3 is 6.96 Å². The summed E-state index contributed by atoms with van der Waals surface area (Å²) >= 11 is 0. The van der Waals surface area contributed by atoms with Crippen LogP contribution in [0.2, 0.25) is 0 Å². The van der Waals surface area contributed by atoms with Crippen molar-refractivity contribution < 1.29 is 18.3 Å². The lowest BCUT2D eigenvalue weighted by Crippen LogP contribution is -2.49. The second-order valence-corrected chi connectivity index (χ2v) is 7.30. The standard InChI is InChI=1S/C25H17BO4/c1-3-9-18(10-4-1)22-17-23(19-11-5-2-6-12-19)28-26(27-22)29-24-15-20-13-7-8-14-21(20)16-25(24)30-26/h1-17H. The van der Waals surface area contributed by atoms with Crippen LogP contribution in [0.1, 0.15) is 15.5 Å². The molecule has 2 aliphatic rings. The highest BCUT2D eigenvalue weighted by molar-refractivity contribution is 6.57. The van der Waals surface area contributed by atoms with Gasteiger partial charge in [0, 0.05) is 5.56 Å². The summed E-state index contributed by atoms with van der Waals surface area (Å²) in [6.45, 7) is -2.53. The lowest BCUT2D eigenvalue weighted by Gasteiger charge is -2.25. The molecule has 0 N–H and O–H groups in total. The first-order valence-corrected chi connectivity index (χ1v) is 9.89. The van der Waals surface area contributed by atoms with E-state index in [1.165, 1.54) is 0 Å². The number of hydrogen-bond acceptors (Lipinski definition) is 3. The quantitative estimate of drug-likeness (QED) is 0.332. The number of hydrogen-bond donors (Lipinski definition) is 0. The summed E-state index contributed by atoms with van der Waals surface area (Å²) in [7, 11) is 0. The monoisotopic (exact) mass is 392 g/mol. The minimum atomic E-state index is -2.53. The van der Waals surface area contributed by atoms with Gasteiger partial charge in [-0.15, -0.1) is 0 Å². The average Bonchev–Trinajstić information content (AvgIpc) is 3.13. The van der Waals surface area contributed by atoms with Crippen LogP contribution in [0.25, 0.3) is 16.5 Å². The molecule has 4 nitrogen and oxygen atoms in total. The molecule has 0 saturated carbocycles. The maximum absolute atomic E-state index is 6.22. The van der Waals surface area contributed by atoms with E-state index in [-0.39, 0.29) is 0 Å². The molecule has 0 unspecified atom stereocenters. The molecule has 0 radical (unpaired) electrons. The summed E-state index contributed by atoms with van der Waals surface area (Å²) in [5, 5.41) is 2.13. The highest BCUT2D eigenvalue weighted by Gasteiger charge is 2.64. The van der Waals surface area contributed by atoms with Crippen LogP contribution < -0.4 is 9.31 Å². The van der Waals surface area contributed by atoms with E-state index in [1.54, 1.807) is 0 Å².